The van der Waals surface area contributed by atoms with Gasteiger partial charge in [0, 0.05) is 28.7 Å². The third-order valence-corrected chi connectivity index (χ3v) is 7.13. The smallest absolute Gasteiger partial charge is 0.240 e. The van der Waals surface area contributed by atoms with Crippen LogP contribution in [0.4, 0.5) is 5.69 Å². The van der Waals surface area contributed by atoms with E-state index in [-0.39, 0.29) is 23.3 Å². The second-order valence-corrected chi connectivity index (χ2v) is 9.19. The zero-order chi connectivity index (χ0) is 20.3. The van der Waals surface area contributed by atoms with E-state index in [1.54, 1.807) is 37.4 Å². The van der Waals surface area contributed by atoms with E-state index in [0.29, 0.717) is 28.5 Å². The fourth-order valence-electron chi connectivity index (χ4n) is 2.72. The molecule has 0 bridgehead atoms. The molecular weight excluding hydrogens is 400 g/mol. The first-order valence-corrected chi connectivity index (χ1v) is 11.1. The van der Waals surface area contributed by atoms with Crippen LogP contribution in [0.2, 0.25) is 0 Å². The highest BCUT2D eigenvalue weighted by Crippen LogP contribution is 2.34. The van der Waals surface area contributed by atoms with Gasteiger partial charge in [0.1, 0.15) is 11.5 Å². The van der Waals surface area contributed by atoms with Crippen LogP contribution in [0.5, 0.6) is 11.5 Å². The summed E-state index contributed by atoms with van der Waals surface area (Å²) in [5.41, 5.74) is 1.17. The van der Waals surface area contributed by atoms with Gasteiger partial charge < -0.3 is 14.8 Å². The Hall–Kier alpha value is -2.23. The molecule has 150 valence electrons. The lowest BCUT2D eigenvalue weighted by Crippen LogP contribution is -2.24. The Balaban J connectivity index is 1.83. The largest absolute Gasteiger partial charge is 0.497 e. The van der Waals surface area contributed by atoms with Crippen molar-refractivity contribution in [2.45, 2.75) is 23.3 Å². The predicted molar refractivity (Wildman–Crippen MR) is 109 cm³/mol. The number of hydrogen-bond donors (Lipinski definition) is 2. The van der Waals surface area contributed by atoms with Crippen molar-refractivity contribution in [2.75, 3.05) is 25.3 Å². The Bertz CT molecular complexity index is 992. The number of carbonyl (C=O) groups excluding carboxylic acids is 1. The number of nitrogens with one attached hydrogen (secondary N) is 2. The minimum Gasteiger partial charge on any atom is -0.497 e. The van der Waals surface area contributed by atoms with Gasteiger partial charge in [-0.3, -0.25) is 4.79 Å². The lowest BCUT2D eigenvalue weighted by molar-refractivity contribution is -0.118. The minimum atomic E-state index is -3.79. The molecule has 1 atom stereocenters. The lowest BCUT2D eigenvalue weighted by atomic mass is 10.2. The molecule has 0 saturated heterocycles. The number of hydrogen-bond acceptors (Lipinski definition) is 6. The molecule has 0 saturated carbocycles. The highest BCUT2D eigenvalue weighted by molar-refractivity contribution is 7.99. The van der Waals surface area contributed by atoms with Crippen molar-refractivity contribution in [3.05, 3.63) is 42.0 Å². The van der Waals surface area contributed by atoms with Crippen molar-refractivity contribution in [3.63, 3.8) is 0 Å². The van der Waals surface area contributed by atoms with E-state index < -0.39 is 10.0 Å². The zero-order valence-corrected chi connectivity index (χ0v) is 17.4. The normalized spacial score (nSPS) is 16.7. The Morgan fingerprint density at radius 2 is 1.96 bits per heavy atom. The maximum Gasteiger partial charge on any atom is 0.240 e. The number of fused-ring (bicyclic) bond motifs is 1. The number of amides is 1. The van der Waals surface area contributed by atoms with E-state index in [1.165, 1.54) is 24.9 Å². The maximum absolute atomic E-state index is 12.8. The van der Waals surface area contributed by atoms with Gasteiger partial charge >= 0.3 is 0 Å². The first kappa shape index (κ1) is 20.5. The molecule has 0 spiro atoms. The van der Waals surface area contributed by atoms with Crippen molar-refractivity contribution in [3.8, 4) is 11.5 Å². The molecule has 1 heterocycles. The number of thioether (sulfide) groups is 1. The molecule has 2 aromatic rings. The SMILES string of the molecule is COc1ccc(OC)c(CNS(=O)(=O)c2ccc3c(c2)NC(=O)C(C)CS3)c1. The first-order valence-electron chi connectivity index (χ1n) is 8.62. The van der Waals surface area contributed by atoms with Crippen LogP contribution < -0.4 is 19.5 Å². The van der Waals surface area contributed by atoms with Crippen molar-refractivity contribution in [2.24, 2.45) is 5.92 Å². The van der Waals surface area contributed by atoms with Gasteiger partial charge in [0.15, 0.2) is 0 Å². The van der Waals surface area contributed by atoms with E-state index in [2.05, 4.69) is 10.0 Å². The standard InChI is InChI=1S/C19H22N2O5S2/c1-12-11-27-18-7-5-15(9-16(18)21-19(12)22)28(23,24)20-10-13-8-14(25-2)4-6-17(13)26-3/h4-9,12,20H,10-11H2,1-3H3,(H,21,22). The number of carbonyl (C=O) groups is 1. The molecule has 0 fully saturated rings. The van der Waals surface area contributed by atoms with Crippen LogP contribution in [0.25, 0.3) is 0 Å². The summed E-state index contributed by atoms with van der Waals surface area (Å²) >= 11 is 1.53. The fraction of sp³-hybridized carbons (Fsp3) is 0.316. The molecule has 1 unspecified atom stereocenters. The Kier molecular flexibility index (Phi) is 6.17. The summed E-state index contributed by atoms with van der Waals surface area (Å²) in [6, 6.07) is 9.93. The molecule has 3 rings (SSSR count). The van der Waals surface area contributed by atoms with Crippen LogP contribution in [-0.2, 0) is 21.4 Å². The summed E-state index contributed by atoms with van der Waals surface area (Å²) < 4.78 is 38.6. The monoisotopic (exact) mass is 422 g/mol. The average molecular weight is 423 g/mol. The zero-order valence-electron chi connectivity index (χ0n) is 15.8. The second-order valence-electron chi connectivity index (χ2n) is 6.36. The summed E-state index contributed by atoms with van der Waals surface area (Å²) in [4.78, 5) is 13.0. The lowest BCUT2D eigenvalue weighted by Gasteiger charge is -2.13. The van der Waals surface area contributed by atoms with Crippen molar-refractivity contribution < 1.29 is 22.7 Å². The summed E-state index contributed by atoms with van der Waals surface area (Å²) in [7, 11) is -0.725. The predicted octanol–water partition coefficient (Wildman–Crippen LogP) is 2.86. The van der Waals surface area contributed by atoms with Gasteiger partial charge in [0.05, 0.1) is 24.8 Å². The van der Waals surface area contributed by atoms with Gasteiger partial charge in [-0.05, 0) is 36.4 Å². The Morgan fingerprint density at radius 1 is 1.18 bits per heavy atom. The van der Waals surface area contributed by atoms with Gasteiger partial charge in [0.25, 0.3) is 0 Å². The number of sulfonamides is 1. The molecule has 2 N–H and O–H groups in total. The molecule has 0 aliphatic carbocycles. The van der Waals surface area contributed by atoms with Crippen molar-refractivity contribution in [1.29, 1.82) is 0 Å². The van der Waals surface area contributed by atoms with E-state index in [4.69, 9.17) is 9.47 Å². The highest BCUT2D eigenvalue weighted by Gasteiger charge is 2.23. The number of methoxy groups -OCH3 is 2. The van der Waals surface area contributed by atoms with Gasteiger partial charge in [-0.2, -0.15) is 0 Å². The number of anilines is 1. The van der Waals surface area contributed by atoms with Crippen LogP contribution in [0.3, 0.4) is 0 Å². The quantitative estimate of drug-likeness (QED) is 0.744. The van der Waals surface area contributed by atoms with Crippen LogP contribution in [0, 0.1) is 5.92 Å². The van der Waals surface area contributed by atoms with Crippen LogP contribution >= 0.6 is 11.8 Å². The van der Waals surface area contributed by atoms with E-state index >= 15 is 0 Å². The van der Waals surface area contributed by atoms with Gasteiger partial charge in [-0.15, -0.1) is 11.8 Å². The Morgan fingerprint density at radius 3 is 2.68 bits per heavy atom. The van der Waals surface area contributed by atoms with Crippen LogP contribution in [0.15, 0.2) is 46.2 Å². The number of benzene rings is 2. The van der Waals surface area contributed by atoms with E-state index in [9.17, 15) is 13.2 Å². The second kappa shape index (κ2) is 8.42. The minimum absolute atomic E-state index is 0.0396. The molecule has 1 aliphatic heterocycles. The third-order valence-electron chi connectivity index (χ3n) is 4.40. The van der Waals surface area contributed by atoms with E-state index in [1.807, 2.05) is 6.92 Å². The summed E-state index contributed by atoms with van der Waals surface area (Å²) in [5.74, 6) is 1.56. The van der Waals surface area contributed by atoms with Crippen molar-refractivity contribution in [1.82, 2.24) is 4.72 Å². The summed E-state index contributed by atoms with van der Waals surface area (Å²) in [5, 5.41) is 2.80. The van der Waals surface area contributed by atoms with Gasteiger partial charge in [-0.25, -0.2) is 13.1 Å². The van der Waals surface area contributed by atoms with Crippen molar-refractivity contribution >= 4 is 33.4 Å². The molecular formula is C19H22N2O5S2. The first-order chi connectivity index (χ1) is 13.3. The molecule has 1 amide bonds. The molecule has 1 aliphatic rings. The molecule has 0 aromatic heterocycles. The average Bonchev–Trinajstić information content (AvgIpc) is 2.84. The van der Waals surface area contributed by atoms with Crippen LogP contribution in [-0.4, -0.2) is 34.3 Å². The van der Waals surface area contributed by atoms with Gasteiger partial charge in [-0.1, -0.05) is 6.92 Å². The van der Waals surface area contributed by atoms with Gasteiger partial charge in [0.2, 0.25) is 15.9 Å². The maximum atomic E-state index is 12.8. The molecule has 7 nitrogen and oxygen atoms in total. The summed E-state index contributed by atoms with van der Waals surface area (Å²) in [6.45, 7) is 1.88. The third kappa shape index (κ3) is 4.43. The number of ether oxygens (including phenoxy) is 2. The number of rotatable bonds is 6. The van der Waals surface area contributed by atoms with Crippen LogP contribution in [0.1, 0.15) is 12.5 Å². The Labute approximate surface area is 168 Å². The topological polar surface area (TPSA) is 93.7 Å². The molecule has 9 heteroatoms. The highest BCUT2D eigenvalue weighted by atomic mass is 32.2. The summed E-state index contributed by atoms with van der Waals surface area (Å²) in [6.07, 6.45) is 0. The molecule has 0 radical (unpaired) electrons. The van der Waals surface area contributed by atoms with E-state index in [0.717, 1.165) is 4.90 Å². The molecule has 28 heavy (non-hydrogen) atoms. The fourth-order valence-corrected chi connectivity index (χ4v) is 4.77. The molecule has 2 aromatic carbocycles.